The second kappa shape index (κ2) is 8.75. The summed E-state index contributed by atoms with van der Waals surface area (Å²) in [6, 6.07) is 17.2. The zero-order valence-electron chi connectivity index (χ0n) is 15.2. The van der Waals surface area contributed by atoms with Crippen LogP contribution in [0.5, 0.6) is 0 Å². The van der Waals surface area contributed by atoms with Crippen molar-refractivity contribution in [1.29, 1.82) is 0 Å². The first kappa shape index (κ1) is 20.8. The molecular formula is C23H12Cl4O3. The lowest BCUT2D eigenvalue weighted by atomic mass is 10.2. The quantitative estimate of drug-likeness (QED) is 0.213. The Morgan fingerprint density at radius 1 is 0.767 bits per heavy atom. The topological polar surface area (TPSA) is 43.4 Å². The van der Waals surface area contributed by atoms with Gasteiger partial charge in [-0.05, 0) is 66.7 Å². The van der Waals surface area contributed by atoms with Crippen molar-refractivity contribution in [1.82, 2.24) is 0 Å². The normalized spacial score (nSPS) is 11.3. The Labute approximate surface area is 192 Å². The number of allylic oxidation sites excluding steroid dienone is 1. The van der Waals surface area contributed by atoms with Gasteiger partial charge in [0.15, 0.2) is 5.76 Å². The van der Waals surface area contributed by atoms with Crippen molar-refractivity contribution in [2.45, 2.75) is 0 Å². The Morgan fingerprint density at radius 2 is 1.57 bits per heavy atom. The van der Waals surface area contributed by atoms with E-state index < -0.39 is 0 Å². The van der Waals surface area contributed by atoms with Crippen molar-refractivity contribution in [2.24, 2.45) is 0 Å². The van der Waals surface area contributed by atoms with E-state index in [0.29, 0.717) is 42.9 Å². The van der Waals surface area contributed by atoms with Gasteiger partial charge in [0.25, 0.3) is 0 Å². The average Bonchev–Trinajstić information content (AvgIpc) is 3.40. The monoisotopic (exact) mass is 476 g/mol. The Balaban J connectivity index is 1.51. The van der Waals surface area contributed by atoms with Gasteiger partial charge in [-0.1, -0.05) is 52.5 Å². The number of rotatable bonds is 5. The minimum atomic E-state index is -0.306. The molecule has 0 unspecified atom stereocenters. The van der Waals surface area contributed by atoms with Gasteiger partial charge in [0.1, 0.15) is 17.3 Å². The SMILES string of the molecule is O=C(C=Cc1ccc(-c2cccc(Cl)c2Cl)o1)c1ccc(-c2ccc(Cl)c(Cl)c2)o1. The molecule has 0 atom stereocenters. The Bertz CT molecular complexity index is 1270. The highest BCUT2D eigenvalue weighted by molar-refractivity contribution is 6.43. The number of hydrogen-bond acceptors (Lipinski definition) is 3. The van der Waals surface area contributed by atoms with Gasteiger partial charge >= 0.3 is 0 Å². The number of furan rings is 2. The lowest BCUT2D eigenvalue weighted by molar-refractivity contribution is 0.102. The Hall–Kier alpha value is -2.43. The third kappa shape index (κ3) is 4.35. The summed E-state index contributed by atoms with van der Waals surface area (Å²) in [5.74, 6) is 1.44. The molecule has 2 heterocycles. The number of carbonyl (C=O) groups is 1. The first-order valence-electron chi connectivity index (χ1n) is 8.74. The summed E-state index contributed by atoms with van der Waals surface area (Å²) in [5, 5.41) is 1.70. The zero-order chi connectivity index (χ0) is 21.3. The maximum Gasteiger partial charge on any atom is 0.221 e. The molecule has 7 heteroatoms. The highest BCUT2D eigenvalue weighted by Gasteiger charge is 2.13. The molecule has 2 aromatic carbocycles. The molecule has 4 aromatic rings. The van der Waals surface area contributed by atoms with E-state index in [1.165, 1.54) is 6.08 Å². The fourth-order valence-corrected chi connectivity index (χ4v) is 3.49. The van der Waals surface area contributed by atoms with E-state index >= 15 is 0 Å². The summed E-state index contributed by atoms with van der Waals surface area (Å²) >= 11 is 24.2. The fraction of sp³-hybridized carbons (Fsp3) is 0. The van der Waals surface area contributed by atoms with Gasteiger partial charge in [0, 0.05) is 11.1 Å². The van der Waals surface area contributed by atoms with Gasteiger partial charge in [-0.25, -0.2) is 0 Å². The zero-order valence-corrected chi connectivity index (χ0v) is 18.2. The van der Waals surface area contributed by atoms with E-state index in [1.807, 2.05) is 0 Å². The standard InChI is InChI=1S/C23H12Cl4O3/c24-16-7-4-13(12-18(16)26)20-10-11-22(30-20)19(28)8-5-14-6-9-21(29-14)15-2-1-3-17(25)23(15)27/h1-12H. The fourth-order valence-electron chi connectivity index (χ4n) is 2.80. The molecule has 4 rings (SSSR count). The van der Waals surface area contributed by atoms with Crippen molar-refractivity contribution in [3.8, 4) is 22.6 Å². The lowest BCUT2D eigenvalue weighted by Gasteiger charge is -2.01. The number of hydrogen-bond donors (Lipinski definition) is 0. The molecular weight excluding hydrogens is 466 g/mol. The molecule has 150 valence electrons. The predicted molar refractivity (Wildman–Crippen MR) is 122 cm³/mol. The predicted octanol–water partition coefficient (Wildman–Crippen LogP) is 8.72. The van der Waals surface area contributed by atoms with E-state index in [4.69, 9.17) is 55.2 Å². The maximum atomic E-state index is 12.5. The van der Waals surface area contributed by atoms with Gasteiger partial charge in [-0.3, -0.25) is 4.79 Å². The second-order valence-electron chi connectivity index (χ2n) is 6.29. The molecule has 0 bridgehead atoms. The maximum absolute atomic E-state index is 12.5. The Kier molecular flexibility index (Phi) is 6.07. The van der Waals surface area contributed by atoms with Crippen molar-refractivity contribution in [2.75, 3.05) is 0 Å². The second-order valence-corrected chi connectivity index (χ2v) is 7.89. The van der Waals surface area contributed by atoms with Gasteiger partial charge in [-0.2, -0.15) is 0 Å². The van der Waals surface area contributed by atoms with E-state index in [0.717, 1.165) is 5.56 Å². The molecule has 0 N–H and O–H groups in total. The molecule has 0 spiro atoms. The van der Waals surface area contributed by atoms with Crippen LogP contribution in [0.25, 0.3) is 28.7 Å². The van der Waals surface area contributed by atoms with Crippen LogP contribution >= 0.6 is 46.4 Å². The molecule has 0 fully saturated rings. The highest BCUT2D eigenvalue weighted by atomic mass is 35.5. The first-order valence-corrected chi connectivity index (χ1v) is 10.3. The van der Waals surface area contributed by atoms with Crippen LogP contribution in [-0.4, -0.2) is 5.78 Å². The molecule has 0 aliphatic heterocycles. The van der Waals surface area contributed by atoms with Crippen LogP contribution in [0, 0.1) is 0 Å². The molecule has 0 amide bonds. The summed E-state index contributed by atoms with van der Waals surface area (Å²) < 4.78 is 11.4. The van der Waals surface area contributed by atoms with Crippen molar-refractivity contribution >= 4 is 58.3 Å². The van der Waals surface area contributed by atoms with Gasteiger partial charge in [0.05, 0.1) is 20.1 Å². The van der Waals surface area contributed by atoms with E-state index in [2.05, 4.69) is 0 Å². The van der Waals surface area contributed by atoms with E-state index in [-0.39, 0.29) is 11.5 Å². The molecule has 2 aromatic heterocycles. The summed E-state index contributed by atoms with van der Waals surface area (Å²) in [6.45, 7) is 0. The summed E-state index contributed by atoms with van der Waals surface area (Å²) in [6.07, 6.45) is 2.94. The molecule has 3 nitrogen and oxygen atoms in total. The first-order chi connectivity index (χ1) is 14.4. The number of halogens is 4. The summed E-state index contributed by atoms with van der Waals surface area (Å²) in [5.41, 5.74) is 1.40. The number of benzene rings is 2. The largest absolute Gasteiger partial charge is 0.457 e. The molecule has 30 heavy (non-hydrogen) atoms. The lowest BCUT2D eigenvalue weighted by Crippen LogP contribution is -1.90. The smallest absolute Gasteiger partial charge is 0.221 e. The third-order valence-electron chi connectivity index (χ3n) is 4.30. The van der Waals surface area contributed by atoms with Crippen LogP contribution in [0.3, 0.4) is 0 Å². The van der Waals surface area contributed by atoms with Crippen molar-refractivity contribution < 1.29 is 13.6 Å². The van der Waals surface area contributed by atoms with Crippen molar-refractivity contribution in [3.05, 3.63) is 98.4 Å². The van der Waals surface area contributed by atoms with Crippen molar-refractivity contribution in [3.63, 3.8) is 0 Å². The van der Waals surface area contributed by atoms with Crippen LogP contribution in [0.2, 0.25) is 20.1 Å². The van der Waals surface area contributed by atoms with Gasteiger partial charge in [-0.15, -0.1) is 0 Å². The summed E-state index contributed by atoms with van der Waals surface area (Å²) in [4.78, 5) is 12.5. The molecule has 0 radical (unpaired) electrons. The molecule has 0 saturated carbocycles. The number of ketones is 1. The molecule has 0 saturated heterocycles. The average molecular weight is 478 g/mol. The van der Waals surface area contributed by atoms with Crippen LogP contribution in [-0.2, 0) is 0 Å². The minimum absolute atomic E-state index is 0.192. The summed E-state index contributed by atoms with van der Waals surface area (Å²) in [7, 11) is 0. The number of carbonyl (C=O) groups excluding carboxylic acids is 1. The van der Waals surface area contributed by atoms with Gasteiger partial charge < -0.3 is 8.83 Å². The van der Waals surface area contributed by atoms with E-state index in [9.17, 15) is 4.79 Å². The van der Waals surface area contributed by atoms with Crippen LogP contribution in [0.4, 0.5) is 0 Å². The third-order valence-corrected chi connectivity index (χ3v) is 5.85. The van der Waals surface area contributed by atoms with Crippen LogP contribution < -0.4 is 0 Å². The molecule has 0 aliphatic carbocycles. The minimum Gasteiger partial charge on any atom is -0.457 e. The van der Waals surface area contributed by atoms with Crippen LogP contribution in [0.1, 0.15) is 16.3 Å². The Morgan fingerprint density at radius 3 is 2.37 bits per heavy atom. The van der Waals surface area contributed by atoms with Crippen LogP contribution in [0.15, 0.2) is 75.6 Å². The molecule has 0 aliphatic rings. The highest BCUT2D eigenvalue weighted by Crippen LogP contribution is 2.34. The van der Waals surface area contributed by atoms with E-state index in [1.54, 1.807) is 66.7 Å². The van der Waals surface area contributed by atoms with Gasteiger partial charge in [0.2, 0.25) is 5.78 Å².